The number of aryl methyl sites for hydroxylation is 2. The number of rotatable bonds is 4. The van der Waals surface area contributed by atoms with Crippen molar-refractivity contribution in [1.29, 1.82) is 0 Å². The Morgan fingerprint density at radius 2 is 1.76 bits per heavy atom. The molecular formula is C15H21NO. The number of nitrogens with zero attached hydrogens (tertiary/aromatic N) is 1. The van der Waals surface area contributed by atoms with Gasteiger partial charge in [-0.3, -0.25) is 9.79 Å². The summed E-state index contributed by atoms with van der Waals surface area (Å²) in [5.41, 5.74) is 4.23. The Balaban J connectivity index is 3.14. The molecule has 0 amide bonds. The summed E-state index contributed by atoms with van der Waals surface area (Å²) >= 11 is 0. The summed E-state index contributed by atoms with van der Waals surface area (Å²) in [6.07, 6.45) is 0.815. The van der Waals surface area contributed by atoms with Gasteiger partial charge in [0.05, 0.1) is 11.6 Å². The monoisotopic (exact) mass is 231 g/mol. The lowest BCUT2D eigenvalue weighted by atomic mass is 9.97. The summed E-state index contributed by atoms with van der Waals surface area (Å²) in [5, 5.41) is 0. The summed E-state index contributed by atoms with van der Waals surface area (Å²) in [4.78, 5) is 16.1. The average Bonchev–Trinajstić information content (AvgIpc) is 2.24. The van der Waals surface area contributed by atoms with Gasteiger partial charge in [0.25, 0.3) is 0 Å². The molecule has 0 spiro atoms. The zero-order valence-electron chi connectivity index (χ0n) is 11.4. The topological polar surface area (TPSA) is 29.4 Å². The van der Waals surface area contributed by atoms with Gasteiger partial charge in [0.2, 0.25) is 0 Å². The van der Waals surface area contributed by atoms with E-state index in [1.165, 1.54) is 0 Å². The van der Waals surface area contributed by atoms with Crippen molar-refractivity contribution in [2.45, 2.75) is 41.0 Å². The average molecular weight is 231 g/mol. The predicted molar refractivity (Wildman–Crippen MR) is 73.1 cm³/mol. The van der Waals surface area contributed by atoms with Gasteiger partial charge in [-0.2, -0.15) is 0 Å². The van der Waals surface area contributed by atoms with Gasteiger partial charge in [0.15, 0.2) is 0 Å². The lowest BCUT2D eigenvalue weighted by molar-refractivity contribution is -0.118. The maximum absolute atomic E-state index is 11.5. The second-order valence-corrected chi connectivity index (χ2v) is 4.57. The lowest BCUT2D eigenvalue weighted by Crippen LogP contribution is -2.18. The molecule has 0 N–H and O–H groups in total. The minimum absolute atomic E-state index is 0.0472. The minimum atomic E-state index is -0.0472. The van der Waals surface area contributed by atoms with Crippen molar-refractivity contribution in [3.8, 4) is 0 Å². The van der Waals surface area contributed by atoms with Gasteiger partial charge in [0, 0.05) is 5.71 Å². The largest absolute Gasteiger partial charge is 0.299 e. The Morgan fingerprint density at radius 1 is 1.24 bits per heavy atom. The third-order valence-electron chi connectivity index (χ3n) is 3.13. The quantitative estimate of drug-likeness (QED) is 0.720. The number of carbonyl (C=O) groups is 1. The van der Waals surface area contributed by atoms with E-state index in [0.29, 0.717) is 0 Å². The van der Waals surface area contributed by atoms with Gasteiger partial charge in [-0.25, -0.2) is 0 Å². The molecule has 0 fully saturated rings. The van der Waals surface area contributed by atoms with E-state index in [2.05, 4.69) is 4.99 Å². The van der Waals surface area contributed by atoms with Crippen molar-refractivity contribution < 1.29 is 4.79 Å². The summed E-state index contributed by atoms with van der Waals surface area (Å²) in [6.45, 7) is 9.71. The van der Waals surface area contributed by atoms with Crippen LogP contribution in [0.25, 0.3) is 0 Å². The Labute approximate surface area is 104 Å². The predicted octanol–water partition coefficient (Wildman–Crippen LogP) is 4.01. The summed E-state index contributed by atoms with van der Waals surface area (Å²) in [7, 11) is 0. The molecule has 0 heterocycles. The fourth-order valence-electron chi connectivity index (χ4n) is 2.11. The SMILES string of the molecule is CCC(C(C)=O)C(C)=Nc1c(C)cccc1C. The highest BCUT2D eigenvalue weighted by molar-refractivity contribution is 6.04. The standard InChI is InChI=1S/C15H21NO/c1-6-14(13(5)17)12(4)16-15-10(2)8-7-9-11(15)3/h7-9,14H,6H2,1-5H3. The number of ketones is 1. The summed E-state index contributed by atoms with van der Waals surface area (Å²) in [6, 6.07) is 6.13. The molecule has 1 rings (SSSR count). The van der Waals surface area contributed by atoms with Crippen molar-refractivity contribution in [2.24, 2.45) is 10.9 Å². The van der Waals surface area contributed by atoms with Crippen LogP contribution in [0, 0.1) is 19.8 Å². The van der Waals surface area contributed by atoms with Gasteiger partial charge in [0.1, 0.15) is 5.78 Å². The van der Waals surface area contributed by atoms with Gasteiger partial charge in [-0.1, -0.05) is 25.1 Å². The molecule has 1 aromatic carbocycles. The zero-order chi connectivity index (χ0) is 13.0. The van der Waals surface area contributed by atoms with Crippen LogP contribution in [-0.4, -0.2) is 11.5 Å². The Hall–Kier alpha value is -1.44. The van der Waals surface area contributed by atoms with Crippen molar-refractivity contribution in [2.75, 3.05) is 0 Å². The van der Waals surface area contributed by atoms with E-state index in [-0.39, 0.29) is 11.7 Å². The van der Waals surface area contributed by atoms with Crippen LogP contribution in [0.3, 0.4) is 0 Å². The second kappa shape index (κ2) is 5.76. The van der Waals surface area contributed by atoms with Crippen LogP contribution in [0.15, 0.2) is 23.2 Å². The summed E-state index contributed by atoms with van der Waals surface area (Å²) in [5.74, 6) is 0.147. The molecule has 0 aliphatic rings. The van der Waals surface area contributed by atoms with Crippen LogP contribution < -0.4 is 0 Å². The van der Waals surface area contributed by atoms with Gasteiger partial charge in [-0.05, 0) is 45.2 Å². The molecule has 2 heteroatoms. The van der Waals surface area contributed by atoms with E-state index in [1.807, 2.05) is 45.9 Å². The fraction of sp³-hybridized carbons (Fsp3) is 0.467. The van der Waals surface area contributed by atoms with Crippen LogP contribution in [0.4, 0.5) is 5.69 Å². The van der Waals surface area contributed by atoms with E-state index in [1.54, 1.807) is 6.92 Å². The minimum Gasteiger partial charge on any atom is -0.299 e. The van der Waals surface area contributed by atoms with E-state index in [9.17, 15) is 4.79 Å². The first kappa shape index (κ1) is 13.6. The number of hydrogen-bond donors (Lipinski definition) is 0. The maximum Gasteiger partial charge on any atom is 0.138 e. The van der Waals surface area contributed by atoms with Crippen molar-refractivity contribution >= 4 is 17.2 Å². The van der Waals surface area contributed by atoms with Gasteiger partial charge < -0.3 is 0 Å². The van der Waals surface area contributed by atoms with Crippen molar-refractivity contribution in [1.82, 2.24) is 0 Å². The number of carbonyl (C=O) groups excluding carboxylic acids is 1. The number of Topliss-reactive ketones (excluding diaryl/α,β-unsaturated/α-hetero) is 1. The highest BCUT2D eigenvalue weighted by atomic mass is 16.1. The molecule has 1 atom stereocenters. The van der Waals surface area contributed by atoms with Crippen molar-refractivity contribution in [3.05, 3.63) is 29.3 Å². The molecule has 0 aliphatic heterocycles. The molecule has 17 heavy (non-hydrogen) atoms. The highest BCUT2D eigenvalue weighted by Crippen LogP contribution is 2.24. The highest BCUT2D eigenvalue weighted by Gasteiger charge is 2.15. The first-order valence-corrected chi connectivity index (χ1v) is 6.09. The number of hydrogen-bond acceptors (Lipinski definition) is 2. The first-order chi connectivity index (χ1) is 7.97. The molecule has 0 bridgehead atoms. The lowest BCUT2D eigenvalue weighted by Gasteiger charge is -2.12. The summed E-state index contributed by atoms with van der Waals surface area (Å²) < 4.78 is 0. The van der Waals surface area contributed by atoms with E-state index < -0.39 is 0 Å². The normalized spacial score (nSPS) is 13.6. The van der Waals surface area contributed by atoms with E-state index in [0.717, 1.165) is 28.9 Å². The molecule has 1 unspecified atom stereocenters. The van der Waals surface area contributed by atoms with Crippen LogP contribution in [0.1, 0.15) is 38.3 Å². The fourth-order valence-corrected chi connectivity index (χ4v) is 2.11. The van der Waals surface area contributed by atoms with Crippen LogP contribution >= 0.6 is 0 Å². The zero-order valence-corrected chi connectivity index (χ0v) is 11.4. The second-order valence-electron chi connectivity index (χ2n) is 4.57. The molecule has 0 aromatic heterocycles. The molecule has 0 saturated carbocycles. The van der Waals surface area contributed by atoms with Crippen LogP contribution in [0.2, 0.25) is 0 Å². The number of para-hydroxylation sites is 1. The van der Waals surface area contributed by atoms with Crippen LogP contribution in [0.5, 0.6) is 0 Å². The van der Waals surface area contributed by atoms with E-state index in [4.69, 9.17) is 0 Å². The molecule has 0 radical (unpaired) electrons. The molecule has 0 aliphatic carbocycles. The maximum atomic E-state index is 11.5. The molecule has 2 nitrogen and oxygen atoms in total. The van der Waals surface area contributed by atoms with Gasteiger partial charge in [-0.15, -0.1) is 0 Å². The van der Waals surface area contributed by atoms with Crippen molar-refractivity contribution in [3.63, 3.8) is 0 Å². The number of aliphatic imine (C=N–C) groups is 1. The Bertz CT molecular complexity index is 426. The third kappa shape index (κ3) is 3.26. The smallest absolute Gasteiger partial charge is 0.138 e. The van der Waals surface area contributed by atoms with Crippen LogP contribution in [-0.2, 0) is 4.79 Å². The molecule has 92 valence electrons. The first-order valence-electron chi connectivity index (χ1n) is 6.09. The number of benzene rings is 1. The Morgan fingerprint density at radius 3 is 2.18 bits per heavy atom. The Kier molecular flexibility index (Phi) is 4.62. The molecule has 1 aromatic rings. The van der Waals surface area contributed by atoms with E-state index >= 15 is 0 Å². The van der Waals surface area contributed by atoms with Gasteiger partial charge >= 0.3 is 0 Å². The third-order valence-corrected chi connectivity index (χ3v) is 3.13. The molecule has 0 saturated heterocycles. The molecular weight excluding hydrogens is 210 g/mol.